The van der Waals surface area contributed by atoms with Crippen LogP contribution in [0.4, 0.5) is 0 Å². The normalized spacial score (nSPS) is 23.2. The van der Waals surface area contributed by atoms with Gasteiger partial charge in [-0.1, -0.05) is 6.92 Å². The summed E-state index contributed by atoms with van der Waals surface area (Å²) in [6.07, 6.45) is 2.44. The lowest BCUT2D eigenvalue weighted by Gasteiger charge is -2.31. The van der Waals surface area contributed by atoms with Gasteiger partial charge < -0.3 is 15.4 Å². The Morgan fingerprint density at radius 1 is 1.50 bits per heavy atom. The molecule has 0 aromatic rings. The van der Waals surface area contributed by atoms with Gasteiger partial charge in [0.15, 0.2) is 5.96 Å². The first-order valence-corrected chi connectivity index (χ1v) is 7.65. The van der Waals surface area contributed by atoms with Crippen molar-refractivity contribution in [1.82, 2.24) is 4.90 Å². The van der Waals surface area contributed by atoms with E-state index in [1.165, 1.54) is 17.7 Å². The molecule has 0 radical (unpaired) electrons. The molecule has 4 nitrogen and oxygen atoms in total. The number of ether oxygens (including phenoxy) is 1. The van der Waals surface area contributed by atoms with Crippen molar-refractivity contribution in [2.24, 2.45) is 16.6 Å². The van der Waals surface area contributed by atoms with Crippen molar-refractivity contribution in [3.63, 3.8) is 0 Å². The van der Waals surface area contributed by atoms with Crippen molar-refractivity contribution in [1.29, 1.82) is 0 Å². The molecule has 0 aliphatic carbocycles. The summed E-state index contributed by atoms with van der Waals surface area (Å²) in [4.78, 5) is 7.92. The van der Waals surface area contributed by atoms with E-state index >= 15 is 0 Å². The van der Waals surface area contributed by atoms with E-state index in [2.05, 4.69) is 16.8 Å². The Morgan fingerprint density at radius 2 is 2.22 bits per heavy atom. The van der Waals surface area contributed by atoms with Crippen LogP contribution in [0, 0.1) is 5.92 Å². The maximum Gasteiger partial charge on any atom is 0.191 e. The minimum Gasteiger partial charge on any atom is -0.496 e. The molecule has 18 heavy (non-hydrogen) atoms. The summed E-state index contributed by atoms with van der Waals surface area (Å²) in [5, 5.41) is 0. The van der Waals surface area contributed by atoms with Gasteiger partial charge in [0.05, 0.1) is 13.2 Å². The van der Waals surface area contributed by atoms with Crippen LogP contribution in [0.5, 0.6) is 0 Å². The molecule has 2 rings (SSSR count). The summed E-state index contributed by atoms with van der Waals surface area (Å²) < 4.78 is 5.52. The van der Waals surface area contributed by atoms with Crippen LogP contribution in [0.2, 0.25) is 0 Å². The summed E-state index contributed by atoms with van der Waals surface area (Å²) in [5.74, 6) is 3.54. The number of thioether (sulfide) groups is 1. The van der Waals surface area contributed by atoms with Crippen LogP contribution in [0.1, 0.15) is 26.7 Å². The third-order valence-electron chi connectivity index (χ3n) is 3.56. The fourth-order valence-corrected chi connectivity index (χ4v) is 3.02. The van der Waals surface area contributed by atoms with Gasteiger partial charge in [-0.2, -0.15) is 0 Å². The molecule has 0 aromatic heterocycles. The van der Waals surface area contributed by atoms with Crippen molar-refractivity contribution in [3.05, 3.63) is 10.7 Å². The van der Waals surface area contributed by atoms with Crippen molar-refractivity contribution < 1.29 is 4.74 Å². The average Bonchev–Trinajstić information content (AvgIpc) is 2.38. The number of hydrogen-bond donors (Lipinski definition) is 1. The molecule has 5 heteroatoms. The van der Waals surface area contributed by atoms with E-state index in [4.69, 9.17) is 10.5 Å². The maximum atomic E-state index is 6.06. The van der Waals surface area contributed by atoms with Gasteiger partial charge in [-0.15, -0.1) is 11.8 Å². The Kier molecular flexibility index (Phi) is 4.80. The molecule has 0 spiro atoms. The first kappa shape index (κ1) is 13.6. The van der Waals surface area contributed by atoms with Crippen LogP contribution in [0.3, 0.4) is 0 Å². The second-order valence-electron chi connectivity index (χ2n) is 5.02. The number of aliphatic imine (C=N–C) groups is 1. The van der Waals surface area contributed by atoms with Crippen molar-refractivity contribution >= 4 is 17.7 Å². The highest BCUT2D eigenvalue weighted by atomic mass is 32.2. The SMILES string of the molecule is CC1=C(CN=C(N)N2CCC(C)CC2)SCCO1. The van der Waals surface area contributed by atoms with Gasteiger partial charge >= 0.3 is 0 Å². The molecule has 0 atom stereocenters. The first-order valence-electron chi connectivity index (χ1n) is 6.67. The zero-order chi connectivity index (χ0) is 13.0. The molecule has 0 bridgehead atoms. The molecule has 102 valence electrons. The number of nitrogens with two attached hydrogens (primary N) is 1. The molecule has 0 aromatic carbocycles. The lowest BCUT2D eigenvalue weighted by molar-refractivity contribution is 0.229. The van der Waals surface area contributed by atoms with Crippen LogP contribution < -0.4 is 5.73 Å². The number of allylic oxidation sites excluding steroid dienone is 1. The Hall–Kier alpha value is -0.840. The molecule has 2 heterocycles. The average molecular weight is 269 g/mol. The Balaban J connectivity index is 1.88. The Morgan fingerprint density at radius 3 is 2.89 bits per heavy atom. The third kappa shape index (κ3) is 3.57. The highest BCUT2D eigenvalue weighted by molar-refractivity contribution is 8.03. The van der Waals surface area contributed by atoms with Crippen molar-refractivity contribution in [2.75, 3.05) is 32.0 Å². The van der Waals surface area contributed by atoms with Gasteiger partial charge in [0.25, 0.3) is 0 Å². The minimum absolute atomic E-state index is 0.661. The van der Waals surface area contributed by atoms with E-state index in [0.29, 0.717) is 12.5 Å². The van der Waals surface area contributed by atoms with Gasteiger partial charge in [-0.25, -0.2) is 4.99 Å². The fourth-order valence-electron chi connectivity index (χ4n) is 2.19. The van der Waals surface area contributed by atoms with Crippen molar-refractivity contribution in [2.45, 2.75) is 26.7 Å². The van der Waals surface area contributed by atoms with Crippen LogP contribution in [-0.4, -0.2) is 42.9 Å². The van der Waals surface area contributed by atoms with E-state index < -0.39 is 0 Å². The molecular weight excluding hydrogens is 246 g/mol. The number of piperidine rings is 1. The summed E-state index contributed by atoms with van der Waals surface area (Å²) in [6.45, 7) is 7.86. The van der Waals surface area contributed by atoms with E-state index in [1.54, 1.807) is 0 Å². The fraction of sp³-hybridized carbons (Fsp3) is 0.769. The zero-order valence-corrected chi connectivity index (χ0v) is 12.1. The highest BCUT2D eigenvalue weighted by Crippen LogP contribution is 2.25. The van der Waals surface area contributed by atoms with Gasteiger partial charge in [0.2, 0.25) is 0 Å². The van der Waals surface area contributed by atoms with Crippen molar-refractivity contribution in [3.8, 4) is 0 Å². The second kappa shape index (κ2) is 6.36. The second-order valence-corrected chi connectivity index (χ2v) is 6.21. The standard InChI is InChI=1S/C13H23N3OS/c1-10-3-5-16(6-4-10)13(14)15-9-12-11(2)17-7-8-18-12/h10H,3-9H2,1-2H3,(H2,14,15). The van der Waals surface area contributed by atoms with Crippen LogP contribution in [0.25, 0.3) is 0 Å². The topological polar surface area (TPSA) is 50.8 Å². The van der Waals surface area contributed by atoms with E-state index in [0.717, 1.165) is 37.1 Å². The molecule has 0 saturated carbocycles. The highest BCUT2D eigenvalue weighted by Gasteiger charge is 2.17. The zero-order valence-electron chi connectivity index (χ0n) is 11.3. The Bertz CT molecular complexity index is 346. The van der Waals surface area contributed by atoms with E-state index in [-0.39, 0.29) is 0 Å². The lowest BCUT2D eigenvalue weighted by atomic mass is 10.00. The van der Waals surface area contributed by atoms with Crippen LogP contribution in [0.15, 0.2) is 15.7 Å². The predicted molar refractivity (Wildman–Crippen MR) is 77.6 cm³/mol. The number of nitrogens with zero attached hydrogens (tertiary/aromatic N) is 2. The first-order chi connectivity index (χ1) is 8.66. The quantitative estimate of drug-likeness (QED) is 0.615. The van der Waals surface area contributed by atoms with Gasteiger partial charge in [0.1, 0.15) is 5.76 Å². The molecule has 2 aliphatic rings. The molecule has 2 aliphatic heterocycles. The molecule has 0 amide bonds. The number of hydrogen-bond acceptors (Lipinski definition) is 3. The maximum absolute atomic E-state index is 6.06. The number of guanidine groups is 1. The lowest BCUT2D eigenvalue weighted by Crippen LogP contribution is -2.42. The molecule has 2 N–H and O–H groups in total. The molecule has 1 saturated heterocycles. The van der Waals surface area contributed by atoms with Gasteiger partial charge in [-0.3, -0.25) is 0 Å². The summed E-state index contributed by atoms with van der Waals surface area (Å²) in [6, 6.07) is 0. The van der Waals surface area contributed by atoms with E-state index in [9.17, 15) is 0 Å². The number of rotatable bonds is 2. The summed E-state index contributed by atoms with van der Waals surface area (Å²) in [5.41, 5.74) is 6.06. The molecule has 1 fully saturated rings. The summed E-state index contributed by atoms with van der Waals surface area (Å²) >= 11 is 1.83. The monoisotopic (exact) mass is 269 g/mol. The minimum atomic E-state index is 0.661. The smallest absolute Gasteiger partial charge is 0.191 e. The summed E-state index contributed by atoms with van der Waals surface area (Å²) in [7, 11) is 0. The third-order valence-corrected chi connectivity index (χ3v) is 4.70. The van der Waals surface area contributed by atoms with Crippen LogP contribution >= 0.6 is 11.8 Å². The number of likely N-dealkylation sites (tertiary alicyclic amines) is 1. The predicted octanol–water partition coefficient (Wildman–Crippen LogP) is 2.03. The van der Waals surface area contributed by atoms with Crippen LogP contribution in [-0.2, 0) is 4.74 Å². The van der Waals surface area contributed by atoms with Gasteiger partial charge in [0, 0.05) is 23.7 Å². The van der Waals surface area contributed by atoms with Gasteiger partial charge in [-0.05, 0) is 25.7 Å². The van der Waals surface area contributed by atoms with E-state index in [1.807, 2.05) is 18.7 Å². The Labute approximate surface area is 114 Å². The molecular formula is C13H23N3OS. The largest absolute Gasteiger partial charge is 0.496 e. The molecule has 0 unspecified atom stereocenters.